The van der Waals surface area contributed by atoms with Crippen molar-refractivity contribution in [3.63, 3.8) is 0 Å². The van der Waals surface area contributed by atoms with Crippen LogP contribution in [0.5, 0.6) is 0 Å². The zero-order chi connectivity index (χ0) is 16.9. The summed E-state index contributed by atoms with van der Waals surface area (Å²) in [5.41, 5.74) is 2.45. The monoisotopic (exact) mass is 326 g/mol. The lowest BCUT2D eigenvalue weighted by atomic mass is 10.2. The first-order chi connectivity index (χ1) is 11.6. The number of aromatic amines is 1. The third-order valence-corrected chi connectivity index (χ3v) is 3.32. The molecular weight excluding hydrogens is 308 g/mol. The molecule has 0 saturated heterocycles. The van der Waals surface area contributed by atoms with E-state index in [1.807, 2.05) is 19.9 Å². The molecule has 24 heavy (non-hydrogen) atoms. The Morgan fingerprint density at radius 1 is 1.46 bits per heavy atom. The van der Waals surface area contributed by atoms with E-state index in [9.17, 15) is 4.79 Å². The SMILES string of the molecule is Cc1cc(CC(C)NC(=O)Nc2cccnc2-n2cncn2)n[nH]1. The van der Waals surface area contributed by atoms with Crippen LogP contribution in [-0.4, -0.2) is 42.0 Å². The van der Waals surface area contributed by atoms with Crippen molar-refractivity contribution in [2.45, 2.75) is 26.3 Å². The summed E-state index contributed by atoms with van der Waals surface area (Å²) in [5.74, 6) is 0.501. The van der Waals surface area contributed by atoms with Crippen LogP contribution in [-0.2, 0) is 6.42 Å². The lowest BCUT2D eigenvalue weighted by Crippen LogP contribution is -2.37. The Kier molecular flexibility index (Phi) is 4.50. The highest BCUT2D eigenvalue weighted by molar-refractivity contribution is 5.91. The van der Waals surface area contributed by atoms with E-state index >= 15 is 0 Å². The van der Waals surface area contributed by atoms with Gasteiger partial charge in [-0.25, -0.2) is 19.4 Å². The van der Waals surface area contributed by atoms with Crippen LogP contribution in [0.1, 0.15) is 18.3 Å². The standard InChI is InChI=1S/C15H18N8O/c1-10(6-12-7-11(2)21-22-12)19-15(24)20-13-4-3-5-17-14(13)23-9-16-8-18-23/h3-5,7-10H,6H2,1-2H3,(H,21,22)(H2,19,20,24). The number of urea groups is 1. The van der Waals surface area contributed by atoms with Crippen molar-refractivity contribution in [3.8, 4) is 5.82 Å². The number of aryl methyl sites for hydroxylation is 1. The molecular formula is C15H18N8O. The van der Waals surface area contributed by atoms with Crippen LogP contribution in [0.25, 0.3) is 5.82 Å². The molecule has 0 fully saturated rings. The number of aromatic nitrogens is 6. The van der Waals surface area contributed by atoms with Gasteiger partial charge in [0.1, 0.15) is 12.7 Å². The summed E-state index contributed by atoms with van der Waals surface area (Å²) in [4.78, 5) is 20.3. The van der Waals surface area contributed by atoms with E-state index in [2.05, 4.69) is 35.9 Å². The minimum Gasteiger partial charge on any atom is -0.335 e. The van der Waals surface area contributed by atoms with Crippen LogP contribution >= 0.6 is 0 Å². The maximum absolute atomic E-state index is 12.2. The summed E-state index contributed by atoms with van der Waals surface area (Å²) in [6.45, 7) is 3.86. The van der Waals surface area contributed by atoms with Gasteiger partial charge in [-0.1, -0.05) is 0 Å². The van der Waals surface area contributed by atoms with Crippen LogP contribution in [0.15, 0.2) is 37.1 Å². The fourth-order valence-corrected chi connectivity index (χ4v) is 2.32. The molecule has 0 aliphatic rings. The first kappa shape index (κ1) is 15.7. The Labute approximate surface area is 138 Å². The van der Waals surface area contributed by atoms with E-state index in [0.717, 1.165) is 11.4 Å². The van der Waals surface area contributed by atoms with E-state index in [4.69, 9.17) is 0 Å². The Bertz CT molecular complexity index is 811. The summed E-state index contributed by atoms with van der Waals surface area (Å²) >= 11 is 0. The number of rotatable bonds is 5. The Morgan fingerprint density at radius 2 is 2.33 bits per heavy atom. The second kappa shape index (κ2) is 6.90. The summed E-state index contributed by atoms with van der Waals surface area (Å²) in [5, 5.41) is 16.8. The molecule has 9 heteroatoms. The Morgan fingerprint density at radius 3 is 3.04 bits per heavy atom. The van der Waals surface area contributed by atoms with E-state index < -0.39 is 0 Å². The number of hydrogen-bond acceptors (Lipinski definition) is 5. The van der Waals surface area contributed by atoms with E-state index in [-0.39, 0.29) is 12.1 Å². The molecule has 9 nitrogen and oxygen atoms in total. The van der Waals surface area contributed by atoms with Gasteiger partial charge in [-0.15, -0.1) is 0 Å². The second-order valence-electron chi connectivity index (χ2n) is 5.46. The number of nitrogens with zero attached hydrogens (tertiary/aromatic N) is 5. The molecule has 3 aromatic heterocycles. The number of amides is 2. The average molecular weight is 326 g/mol. The summed E-state index contributed by atoms with van der Waals surface area (Å²) in [7, 11) is 0. The van der Waals surface area contributed by atoms with Gasteiger partial charge in [-0.2, -0.15) is 10.2 Å². The van der Waals surface area contributed by atoms with Crippen LogP contribution in [0.4, 0.5) is 10.5 Å². The second-order valence-corrected chi connectivity index (χ2v) is 5.46. The van der Waals surface area contributed by atoms with Crippen molar-refractivity contribution in [2.24, 2.45) is 0 Å². The van der Waals surface area contributed by atoms with Crippen LogP contribution < -0.4 is 10.6 Å². The molecule has 0 aliphatic heterocycles. The fraction of sp³-hybridized carbons (Fsp3) is 0.267. The van der Waals surface area contributed by atoms with Crippen LogP contribution in [0, 0.1) is 6.92 Å². The summed E-state index contributed by atoms with van der Waals surface area (Å²) in [6, 6.07) is 5.07. The maximum atomic E-state index is 12.2. The van der Waals surface area contributed by atoms with Crippen LogP contribution in [0.2, 0.25) is 0 Å². The molecule has 0 aliphatic carbocycles. The van der Waals surface area contributed by atoms with Crippen molar-refractivity contribution >= 4 is 11.7 Å². The minimum atomic E-state index is -0.316. The zero-order valence-electron chi connectivity index (χ0n) is 13.4. The fourth-order valence-electron chi connectivity index (χ4n) is 2.32. The van der Waals surface area contributed by atoms with E-state index in [1.165, 1.54) is 17.3 Å². The molecule has 1 atom stereocenters. The molecule has 1 unspecified atom stereocenters. The van der Waals surface area contributed by atoms with Crippen molar-refractivity contribution in [3.05, 3.63) is 48.4 Å². The predicted molar refractivity (Wildman–Crippen MR) is 87.8 cm³/mol. The number of carbonyl (C=O) groups is 1. The molecule has 0 bridgehead atoms. The van der Waals surface area contributed by atoms with Gasteiger partial charge in [0.05, 0.1) is 11.4 Å². The highest BCUT2D eigenvalue weighted by Crippen LogP contribution is 2.15. The molecule has 0 radical (unpaired) electrons. The third kappa shape index (κ3) is 3.75. The largest absolute Gasteiger partial charge is 0.335 e. The van der Waals surface area contributed by atoms with Crippen LogP contribution in [0.3, 0.4) is 0 Å². The van der Waals surface area contributed by atoms with Gasteiger partial charge in [-0.05, 0) is 32.0 Å². The lowest BCUT2D eigenvalue weighted by Gasteiger charge is -2.14. The third-order valence-electron chi connectivity index (χ3n) is 3.32. The minimum absolute atomic E-state index is 0.0702. The highest BCUT2D eigenvalue weighted by atomic mass is 16.2. The predicted octanol–water partition coefficient (Wildman–Crippen LogP) is 1.45. The van der Waals surface area contributed by atoms with Gasteiger partial charge in [0.25, 0.3) is 0 Å². The first-order valence-electron chi connectivity index (χ1n) is 7.50. The summed E-state index contributed by atoms with van der Waals surface area (Å²) < 4.78 is 1.49. The molecule has 0 spiro atoms. The van der Waals surface area contributed by atoms with Crippen molar-refractivity contribution in [2.75, 3.05) is 5.32 Å². The maximum Gasteiger partial charge on any atom is 0.319 e. The van der Waals surface area contributed by atoms with Gasteiger partial charge < -0.3 is 10.6 Å². The molecule has 0 aromatic carbocycles. The quantitative estimate of drug-likeness (QED) is 0.656. The first-order valence-corrected chi connectivity index (χ1v) is 7.50. The lowest BCUT2D eigenvalue weighted by molar-refractivity contribution is 0.249. The van der Waals surface area contributed by atoms with Gasteiger partial charge in [0.15, 0.2) is 5.82 Å². The van der Waals surface area contributed by atoms with Gasteiger partial charge >= 0.3 is 6.03 Å². The Balaban J connectivity index is 1.63. The molecule has 3 N–H and O–H groups in total. The average Bonchev–Trinajstić information content (AvgIpc) is 3.19. The normalized spacial score (nSPS) is 11.9. The number of H-pyrrole nitrogens is 1. The molecule has 3 aromatic rings. The zero-order valence-corrected chi connectivity index (χ0v) is 13.4. The Hall–Kier alpha value is -3.23. The molecule has 3 heterocycles. The highest BCUT2D eigenvalue weighted by Gasteiger charge is 2.13. The van der Waals surface area contributed by atoms with Gasteiger partial charge in [0.2, 0.25) is 0 Å². The number of carbonyl (C=O) groups excluding carboxylic acids is 1. The summed E-state index contributed by atoms with van der Waals surface area (Å²) in [6.07, 6.45) is 5.20. The molecule has 0 saturated carbocycles. The number of anilines is 1. The molecule has 3 rings (SSSR count). The smallest absolute Gasteiger partial charge is 0.319 e. The molecule has 124 valence electrons. The molecule has 2 amide bonds. The topological polar surface area (TPSA) is 113 Å². The van der Waals surface area contributed by atoms with Gasteiger partial charge in [0, 0.05) is 24.4 Å². The number of hydrogen-bond donors (Lipinski definition) is 3. The van der Waals surface area contributed by atoms with E-state index in [1.54, 1.807) is 18.3 Å². The van der Waals surface area contributed by atoms with E-state index in [0.29, 0.717) is 17.9 Å². The van der Waals surface area contributed by atoms with Crippen molar-refractivity contribution < 1.29 is 4.79 Å². The van der Waals surface area contributed by atoms with Gasteiger partial charge in [-0.3, -0.25) is 5.10 Å². The number of pyridine rings is 1. The van der Waals surface area contributed by atoms with Crippen molar-refractivity contribution in [1.82, 2.24) is 35.3 Å². The van der Waals surface area contributed by atoms with Crippen molar-refractivity contribution in [1.29, 1.82) is 0 Å². The number of nitrogens with one attached hydrogen (secondary N) is 3.